The molecule has 112 valence electrons. The summed E-state index contributed by atoms with van der Waals surface area (Å²) >= 11 is 0. The number of hydrogen-bond donors (Lipinski definition) is 2. The molecule has 0 radical (unpaired) electrons. The standard InChI is InChI=1S/C8H15NO2.C6H12O2/c1-5-4-7(5)6(2-3-9)8(10)11;1-5(7)8-6(2,3)4/h5-7H,2-4,9H2,1H3,(H,10,11);1-4H3. The van der Waals surface area contributed by atoms with E-state index >= 15 is 0 Å². The first-order valence-corrected chi connectivity index (χ1v) is 6.71. The molecule has 3 unspecified atom stereocenters. The van der Waals surface area contributed by atoms with E-state index in [9.17, 15) is 9.59 Å². The van der Waals surface area contributed by atoms with E-state index in [1.165, 1.54) is 6.92 Å². The van der Waals surface area contributed by atoms with Crippen molar-refractivity contribution in [3.05, 3.63) is 0 Å². The first-order valence-electron chi connectivity index (χ1n) is 6.71. The third-order valence-corrected chi connectivity index (χ3v) is 2.93. The monoisotopic (exact) mass is 273 g/mol. The first kappa shape index (κ1) is 17.9. The van der Waals surface area contributed by atoms with Gasteiger partial charge >= 0.3 is 11.9 Å². The topological polar surface area (TPSA) is 89.6 Å². The lowest BCUT2D eigenvalue weighted by atomic mass is 9.99. The van der Waals surface area contributed by atoms with Crippen molar-refractivity contribution in [3.8, 4) is 0 Å². The van der Waals surface area contributed by atoms with E-state index in [4.69, 9.17) is 15.6 Å². The van der Waals surface area contributed by atoms with Crippen molar-refractivity contribution in [2.75, 3.05) is 6.54 Å². The van der Waals surface area contributed by atoms with Gasteiger partial charge in [-0.3, -0.25) is 9.59 Å². The zero-order valence-electron chi connectivity index (χ0n) is 12.6. The predicted octanol–water partition coefficient (Wildman–Crippen LogP) is 2.04. The number of aliphatic carboxylic acids is 1. The minimum atomic E-state index is -0.676. The third-order valence-electron chi connectivity index (χ3n) is 2.93. The lowest BCUT2D eigenvalue weighted by Gasteiger charge is -2.17. The van der Waals surface area contributed by atoms with E-state index in [1.807, 2.05) is 20.8 Å². The molecule has 0 aromatic rings. The van der Waals surface area contributed by atoms with Crippen LogP contribution >= 0.6 is 0 Å². The van der Waals surface area contributed by atoms with Crippen LogP contribution in [0.25, 0.3) is 0 Å². The summed E-state index contributed by atoms with van der Waals surface area (Å²) in [6.45, 7) is 9.51. The SMILES string of the molecule is CC(=O)OC(C)(C)C.CC1CC1C(CCN)C(=O)O. The summed E-state index contributed by atoms with van der Waals surface area (Å²) in [4.78, 5) is 20.9. The second-order valence-electron chi connectivity index (χ2n) is 6.10. The Balaban J connectivity index is 0.000000362. The van der Waals surface area contributed by atoms with Crippen molar-refractivity contribution in [1.29, 1.82) is 0 Å². The van der Waals surface area contributed by atoms with Crippen LogP contribution in [-0.2, 0) is 14.3 Å². The van der Waals surface area contributed by atoms with Gasteiger partial charge in [-0.2, -0.15) is 0 Å². The van der Waals surface area contributed by atoms with Crippen LogP contribution in [0.4, 0.5) is 0 Å². The van der Waals surface area contributed by atoms with Crippen LogP contribution in [0.15, 0.2) is 0 Å². The molecular formula is C14H27NO4. The molecule has 0 bridgehead atoms. The first-order chi connectivity index (χ1) is 8.58. The fourth-order valence-corrected chi connectivity index (χ4v) is 2.04. The van der Waals surface area contributed by atoms with E-state index in [0.29, 0.717) is 24.8 Å². The maximum absolute atomic E-state index is 10.7. The molecule has 5 nitrogen and oxygen atoms in total. The highest BCUT2D eigenvalue weighted by Gasteiger charge is 2.42. The minimum absolute atomic E-state index is 0.185. The highest BCUT2D eigenvalue weighted by atomic mass is 16.6. The van der Waals surface area contributed by atoms with Crippen LogP contribution in [0.2, 0.25) is 0 Å². The van der Waals surface area contributed by atoms with Crippen LogP contribution in [0, 0.1) is 17.8 Å². The van der Waals surface area contributed by atoms with E-state index in [1.54, 1.807) is 0 Å². The molecule has 1 saturated carbocycles. The maximum atomic E-state index is 10.7. The molecule has 1 aliphatic rings. The Hall–Kier alpha value is -1.10. The molecule has 0 heterocycles. The Morgan fingerprint density at radius 1 is 1.42 bits per heavy atom. The molecule has 1 rings (SSSR count). The summed E-state index contributed by atoms with van der Waals surface area (Å²) in [7, 11) is 0. The van der Waals surface area contributed by atoms with Crippen LogP contribution in [0.5, 0.6) is 0 Å². The molecule has 3 N–H and O–H groups in total. The number of rotatable bonds is 4. The number of carboxylic acids is 1. The summed E-state index contributed by atoms with van der Waals surface area (Å²) < 4.78 is 4.80. The Morgan fingerprint density at radius 2 is 1.89 bits per heavy atom. The number of nitrogens with two attached hydrogens (primary N) is 1. The number of carbonyl (C=O) groups excluding carboxylic acids is 1. The maximum Gasteiger partial charge on any atom is 0.306 e. The van der Waals surface area contributed by atoms with Crippen molar-refractivity contribution < 1.29 is 19.4 Å². The number of hydrogen-bond acceptors (Lipinski definition) is 4. The normalized spacial score (nSPS) is 22.8. The summed E-state index contributed by atoms with van der Waals surface area (Å²) in [5.74, 6) is -0.0870. The third kappa shape index (κ3) is 8.59. The Kier molecular flexibility index (Phi) is 7.05. The summed E-state index contributed by atoms with van der Waals surface area (Å²) in [5.41, 5.74) is 4.99. The molecule has 0 amide bonds. The van der Waals surface area contributed by atoms with Gasteiger partial charge in [0.05, 0.1) is 5.92 Å². The molecule has 1 fully saturated rings. The van der Waals surface area contributed by atoms with Gasteiger partial charge in [-0.1, -0.05) is 6.92 Å². The molecule has 0 aliphatic heterocycles. The second kappa shape index (κ2) is 7.48. The molecular weight excluding hydrogens is 246 g/mol. The van der Waals surface area contributed by atoms with Gasteiger partial charge < -0.3 is 15.6 Å². The number of ether oxygens (including phenoxy) is 1. The van der Waals surface area contributed by atoms with Crippen LogP contribution < -0.4 is 5.73 Å². The second-order valence-corrected chi connectivity index (χ2v) is 6.10. The molecule has 0 aromatic heterocycles. The smallest absolute Gasteiger partial charge is 0.306 e. The quantitative estimate of drug-likeness (QED) is 0.765. The number of carbonyl (C=O) groups is 2. The summed E-state index contributed by atoms with van der Waals surface area (Å²) in [5, 5.41) is 8.78. The van der Waals surface area contributed by atoms with Crippen molar-refractivity contribution in [2.24, 2.45) is 23.5 Å². The largest absolute Gasteiger partial charge is 0.481 e. The van der Waals surface area contributed by atoms with Gasteiger partial charge in [0, 0.05) is 6.92 Å². The van der Waals surface area contributed by atoms with Crippen LogP contribution in [-0.4, -0.2) is 29.2 Å². The Morgan fingerprint density at radius 3 is 2.05 bits per heavy atom. The average molecular weight is 273 g/mol. The van der Waals surface area contributed by atoms with Gasteiger partial charge in [0.2, 0.25) is 0 Å². The molecule has 5 heteroatoms. The van der Waals surface area contributed by atoms with Gasteiger partial charge in [-0.15, -0.1) is 0 Å². The Bertz CT molecular complexity index is 309. The van der Waals surface area contributed by atoms with E-state index in [2.05, 4.69) is 6.92 Å². The fraction of sp³-hybridized carbons (Fsp3) is 0.857. The van der Waals surface area contributed by atoms with Gasteiger partial charge in [0.15, 0.2) is 0 Å². The van der Waals surface area contributed by atoms with Crippen molar-refractivity contribution in [1.82, 2.24) is 0 Å². The zero-order valence-corrected chi connectivity index (χ0v) is 12.6. The van der Waals surface area contributed by atoms with Crippen LogP contribution in [0.3, 0.4) is 0 Å². The molecule has 19 heavy (non-hydrogen) atoms. The van der Waals surface area contributed by atoms with Crippen LogP contribution in [0.1, 0.15) is 47.5 Å². The van der Waals surface area contributed by atoms with Gasteiger partial charge in [0.25, 0.3) is 0 Å². The van der Waals surface area contributed by atoms with Crippen molar-refractivity contribution >= 4 is 11.9 Å². The lowest BCUT2D eigenvalue weighted by Crippen LogP contribution is -2.21. The van der Waals surface area contributed by atoms with Gasteiger partial charge in [0.1, 0.15) is 5.60 Å². The summed E-state index contributed by atoms with van der Waals surface area (Å²) in [6, 6.07) is 0. The molecule has 1 aliphatic carbocycles. The minimum Gasteiger partial charge on any atom is -0.481 e. The van der Waals surface area contributed by atoms with Gasteiger partial charge in [-0.25, -0.2) is 0 Å². The molecule has 0 saturated heterocycles. The Labute approximate surface area is 115 Å². The molecule has 3 atom stereocenters. The average Bonchev–Trinajstić information content (AvgIpc) is 2.88. The molecule has 0 aromatic carbocycles. The van der Waals surface area contributed by atoms with E-state index in [0.717, 1.165) is 6.42 Å². The predicted molar refractivity (Wildman–Crippen MR) is 73.6 cm³/mol. The van der Waals surface area contributed by atoms with Crippen molar-refractivity contribution in [3.63, 3.8) is 0 Å². The van der Waals surface area contributed by atoms with E-state index < -0.39 is 5.97 Å². The number of esters is 1. The lowest BCUT2D eigenvalue weighted by molar-refractivity contribution is -0.152. The van der Waals surface area contributed by atoms with Crippen molar-refractivity contribution in [2.45, 2.75) is 53.1 Å². The highest BCUT2D eigenvalue weighted by Crippen LogP contribution is 2.44. The highest BCUT2D eigenvalue weighted by molar-refractivity contribution is 5.70. The van der Waals surface area contributed by atoms with Gasteiger partial charge in [-0.05, 0) is 52.0 Å². The summed E-state index contributed by atoms with van der Waals surface area (Å²) in [6.07, 6.45) is 1.70. The van der Waals surface area contributed by atoms with E-state index in [-0.39, 0.29) is 17.5 Å². The molecule has 0 spiro atoms. The zero-order chi connectivity index (χ0) is 15.2. The fourth-order valence-electron chi connectivity index (χ4n) is 2.04. The number of carboxylic acid groups (broad SMARTS) is 1.